The van der Waals surface area contributed by atoms with Crippen LogP contribution < -0.4 is 0 Å². The molecule has 0 bridgehead atoms. The van der Waals surface area contributed by atoms with Crippen molar-refractivity contribution in [3.05, 3.63) is 0 Å². The predicted octanol–water partition coefficient (Wildman–Crippen LogP) is 1.30. The van der Waals surface area contributed by atoms with Gasteiger partial charge in [-0.3, -0.25) is 4.79 Å². The molecule has 1 N–H and O–H groups in total. The fourth-order valence-corrected chi connectivity index (χ4v) is 4.19. The third-order valence-corrected chi connectivity index (χ3v) is 5.43. The average molecular weight is 263 g/mol. The van der Waals surface area contributed by atoms with Crippen LogP contribution in [0.2, 0.25) is 0 Å². The molecule has 0 amide bonds. The third kappa shape index (κ3) is 3.67. The molecule has 0 radical (unpaired) electrons. The standard InChI is InChI=1S/C11H21NO4S/c1-3-9(2)8-17(15,16)12-7-5-4-6-10(12)11(13)14/h9-10H,3-8H2,1-2H3,(H,13,14). The van der Waals surface area contributed by atoms with E-state index in [-0.39, 0.29) is 11.7 Å². The van der Waals surface area contributed by atoms with E-state index in [1.807, 2.05) is 13.8 Å². The average Bonchev–Trinajstić information content (AvgIpc) is 2.28. The Labute approximate surface area is 103 Å². The summed E-state index contributed by atoms with van der Waals surface area (Å²) in [6, 6.07) is -0.863. The summed E-state index contributed by atoms with van der Waals surface area (Å²) in [5, 5.41) is 9.06. The normalized spacial score (nSPS) is 24.5. The smallest absolute Gasteiger partial charge is 0.322 e. The molecule has 1 rings (SSSR count). The highest BCUT2D eigenvalue weighted by atomic mass is 32.2. The lowest BCUT2D eigenvalue weighted by atomic mass is 10.1. The first-order valence-electron chi connectivity index (χ1n) is 6.10. The lowest BCUT2D eigenvalue weighted by Gasteiger charge is -2.32. The highest BCUT2D eigenvalue weighted by Gasteiger charge is 2.36. The number of rotatable bonds is 5. The maximum atomic E-state index is 12.1. The van der Waals surface area contributed by atoms with Gasteiger partial charge in [-0.1, -0.05) is 20.3 Å². The lowest BCUT2D eigenvalue weighted by Crippen LogP contribution is -2.49. The second-order valence-corrected chi connectivity index (χ2v) is 6.72. The second-order valence-electron chi connectivity index (χ2n) is 4.75. The molecule has 2 unspecified atom stereocenters. The maximum Gasteiger partial charge on any atom is 0.322 e. The molecule has 1 saturated heterocycles. The number of piperidine rings is 1. The quantitative estimate of drug-likeness (QED) is 0.811. The molecule has 100 valence electrons. The number of carbonyl (C=O) groups is 1. The molecule has 2 atom stereocenters. The molecule has 0 aromatic rings. The maximum absolute atomic E-state index is 12.1. The van der Waals surface area contributed by atoms with Crippen molar-refractivity contribution in [2.45, 2.75) is 45.6 Å². The summed E-state index contributed by atoms with van der Waals surface area (Å²) in [4.78, 5) is 11.1. The summed E-state index contributed by atoms with van der Waals surface area (Å²) in [7, 11) is -3.44. The van der Waals surface area contributed by atoms with Crippen LogP contribution in [0.1, 0.15) is 39.5 Å². The Morgan fingerprint density at radius 2 is 2.12 bits per heavy atom. The summed E-state index contributed by atoms with van der Waals surface area (Å²) < 4.78 is 25.5. The van der Waals surface area contributed by atoms with Gasteiger partial charge in [-0.05, 0) is 25.2 Å². The number of hydrogen-bond donors (Lipinski definition) is 1. The number of sulfonamides is 1. The van der Waals surface area contributed by atoms with Gasteiger partial charge in [0.15, 0.2) is 0 Å². The van der Waals surface area contributed by atoms with Crippen LogP contribution in [-0.2, 0) is 14.8 Å². The summed E-state index contributed by atoms with van der Waals surface area (Å²) in [6.45, 7) is 4.15. The van der Waals surface area contributed by atoms with Gasteiger partial charge in [0.05, 0.1) is 5.75 Å². The minimum absolute atomic E-state index is 0.0489. The van der Waals surface area contributed by atoms with E-state index >= 15 is 0 Å². The van der Waals surface area contributed by atoms with Crippen molar-refractivity contribution in [3.63, 3.8) is 0 Å². The van der Waals surface area contributed by atoms with E-state index in [0.717, 1.165) is 19.3 Å². The van der Waals surface area contributed by atoms with Crippen LogP contribution in [0.4, 0.5) is 0 Å². The molecule has 0 spiro atoms. The van der Waals surface area contributed by atoms with Crippen molar-refractivity contribution in [1.82, 2.24) is 4.31 Å². The Kier molecular flexibility index (Phi) is 4.94. The Morgan fingerprint density at radius 3 is 2.65 bits per heavy atom. The van der Waals surface area contributed by atoms with Crippen LogP contribution in [0.15, 0.2) is 0 Å². The summed E-state index contributed by atoms with van der Waals surface area (Å²) in [5.41, 5.74) is 0. The van der Waals surface area contributed by atoms with Crippen molar-refractivity contribution < 1.29 is 18.3 Å². The minimum Gasteiger partial charge on any atom is -0.480 e. The number of carboxylic acids is 1. The Balaban J connectivity index is 2.83. The number of aliphatic carboxylic acids is 1. The van der Waals surface area contributed by atoms with E-state index in [1.165, 1.54) is 4.31 Å². The van der Waals surface area contributed by atoms with Crippen LogP contribution in [0.3, 0.4) is 0 Å². The molecule has 1 heterocycles. The zero-order valence-electron chi connectivity index (χ0n) is 10.4. The molecule has 0 saturated carbocycles. The monoisotopic (exact) mass is 263 g/mol. The highest BCUT2D eigenvalue weighted by molar-refractivity contribution is 7.89. The first kappa shape index (κ1) is 14.4. The summed E-state index contributed by atoms with van der Waals surface area (Å²) in [6.07, 6.45) is 2.75. The number of carboxylic acid groups (broad SMARTS) is 1. The van der Waals surface area contributed by atoms with Crippen LogP contribution in [0, 0.1) is 5.92 Å². The highest BCUT2D eigenvalue weighted by Crippen LogP contribution is 2.22. The van der Waals surface area contributed by atoms with Crippen LogP contribution in [0.5, 0.6) is 0 Å². The molecule has 1 fully saturated rings. The first-order valence-corrected chi connectivity index (χ1v) is 7.71. The van der Waals surface area contributed by atoms with Crippen molar-refractivity contribution in [2.24, 2.45) is 5.92 Å². The van der Waals surface area contributed by atoms with E-state index < -0.39 is 22.0 Å². The SMILES string of the molecule is CCC(C)CS(=O)(=O)N1CCCCC1C(=O)O. The van der Waals surface area contributed by atoms with Crippen molar-refractivity contribution in [2.75, 3.05) is 12.3 Å². The van der Waals surface area contributed by atoms with Gasteiger partial charge < -0.3 is 5.11 Å². The molecule has 0 aromatic carbocycles. The summed E-state index contributed by atoms with van der Waals surface area (Å²) in [5.74, 6) is -0.915. The third-order valence-electron chi connectivity index (χ3n) is 3.29. The van der Waals surface area contributed by atoms with E-state index in [4.69, 9.17) is 5.11 Å². The van der Waals surface area contributed by atoms with Crippen LogP contribution in [0.25, 0.3) is 0 Å². The molecular formula is C11H21NO4S. The van der Waals surface area contributed by atoms with Gasteiger partial charge in [-0.2, -0.15) is 4.31 Å². The van der Waals surface area contributed by atoms with Crippen LogP contribution >= 0.6 is 0 Å². The predicted molar refractivity (Wildman–Crippen MR) is 65.2 cm³/mol. The second kappa shape index (κ2) is 5.82. The number of hydrogen-bond acceptors (Lipinski definition) is 3. The van der Waals surface area contributed by atoms with Gasteiger partial charge in [0, 0.05) is 6.54 Å². The first-order chi connectivity index (χ1) is 7.88. The van der Waals surface area contributed by atoms with E-state index in [9.17, 15) is 13.2 Å². The van der Waals surface area contributed by atoms with Gasteiger partial charge >= 0.3 is 5.97 Å². The van der Waals surface area contributed by atoms with Gasteiger partial charge in [-0.25, -0.2) is 8.42 Å². The van der Waals surface area contributed by atoms with Crippen molar-refractivity contribution >= 4 is 16.0 Å². The van der Waals surface area contributed by atoms with E-state index in [2.05, 4.69) is 0 Å². The van der Waals surface area contributed by atoms with E-state index in [0.29, 0.717) is 13.0 Å². The van der Waals surface area contributed by atoms with Crippen molar-refractivity contribution in [1.29, 1.82) is 0 Å². The fourth-order valence-electron chi connectivity index (χ4n) is 2.06. The van der Waals surface area contributed by atoms with Gasteiger partial charge in [0.2, 0.25) is 10.0 Å². The molecular weight excluding hydrogens is 242 g/mol. The Hall–Kier alpha value is -0.620. The van der Waals surface area contributed by atoms with Crippen LogP contribution in [-0.4, -0.2) is 42.1 Å². The molecule has 6 heteroatoms. The molecule has 0 aromatic heterocycles. The molecule has 5 nitrogen and oxygen atoms in total. The molecule has 17 heavy (non-hydrogen) atoms. The zero-order chi connectivity index (χ0) is 13.1. The Bertz CT molecular complexity index is 366. The largest absolute Gasteiger partial charge is 0.480 e. The van der Waals surface area contributed by atoms with Gasteiger partial charge in [0.1, 0.15) is 6.04 Å². The van der Waals surface area contributed by atoms with Gasteiger partial charge in [-0.15, -0.1) is 0 Å². The van der Waals surface area contributed by atoms with Gasteiger partial charge in [0.25, 0.3) is 0 Å². The minimum atomic E-state index is -3.44. The molecule has 0 aliphatic carbocycles. The summed E-state index contributed by atoms with van der Waals surface area (Å²) >= 11 is 0. The van der Waals surface area contributed by atoms with E-state index in [1.54, 1.807) is 0 Å². The van der Waals surface area contributed by atoms with Crippen molar-refractivity contribution in [3.8, 4) is 0 Å². The topological polar surface area (TPSA) is 74.7 Å². The fraction of sp³-hybridized carbons (Fsp3) is 0.909. The number of nitrogens with zero attached hydrogens (tertiary/aromatic N) is 1. The Morgan fingerprint density at radius 1 is 1.47 bits per heavy atom. The molecule has 1 aliphatic heterocycles. The zero-order valence-corrected chi connectivity index (χ0v) is 11.2. The lowest BCUT2D eigenvalue weighted by molar-refractivity contribution is -0.142. The molecule has 1 aliphatic rings.